The topological polar surface area (TPSA) is 42.7 Å². The largest absolute Gasteiger partial charge is 0.317 e. The van der Waals surface area contributed by atoms with Crippen molar-refractivity contribution in [3.63, 3.8) is 0 Å². The van der Waals surface area contributed by atoms with Gasteiger partial charge in [0.1, 0.15) is 0 Å². The fourth-order valence-corrected chi connectivity index (χ4v) is 3.10. The first-order valence-electron chi connectivity index (χ1n) is 8.20. The highest BCUT2D eigenvalue weighted by Crippen LogP contribution is 2.27. The summed E-state index contributed by atoms with van der Waals surface area (Å²) in [5, 5.41) is 8.27. The molecule has 1 saturated heterocycles. The average Bonchev–Trinajstić information content (AvgIpc) is 3.09. The Morgan fingerprint density at radius 3 is 2.22 bits per heavy atom. The SMILES string of the molecule is c1ccc(-c2nc(C3CCNCC3)nn2-c2ccccc2)cc1. The van der Waals surface area contributed by atoms with Crippen LogP contribution in [-0.2, 0) is 0 Å². The van der Waals surface area contributed by atoms with Crippen molar-refractivity contribution in [3.05, 3.63) is 66.5 Å². The number of hydrogen-bond donors (Lipinski definition) is 1. The van der Waals surface area contributed by atoms with E-state index in [4.69, 9.17) is 10.1 Å². The fraction of sp³-hybridized carbons (Fsp3) is 0.263. The van der Waals surface area contributed by atoms with Crippen LogP contribution in [0.25, 0.3) is 17.1 Å². The molecule has 0 aliphatic carbocycles. The first-order chi connectivity index (χ1) is 11.4. The third kappa shape index (κ3) is 2.90. The van der Waals surface area contributed by atoms with Crippen molar-refractivity contribution in [3.8, 4) is 17.1 Å². The monoisotopic (exact) mass is 304 g/mol. The molecule has 0 saturated carbocycles. The maximum absolute atomic E-state index is 4.90. The minimum atomic E-state index is 0.448. The third-order valence-corrected chi connectivity index (χ3v) is 4.36. The van der Waals surface area contributed by atoms with E-state index in [1.54, 1.807) is 0 Å². The summed E-state index contributed by atoms with van der Waals surface area (Å²) in [6.45, 7) is 2.09. The zero-order chi connectivity index (χ0) is 15.5. The van der Waals surface area contributed by atoms with Gasteiger partial charge in [-0.1, -0.05) is 48.5 Å². The van der Waals surface area contributed by atoms with Crippen molar-refractivity contribution in [2.45, 2.75) is 18.8 Å². The van der Waals surface area contributed by atoms with Crippen LogP contribution in [0.2, 0.25) is 0 Å². The summed E-state index contributed by atoms with van der Waals surface area (Å²) in [6, 6.07) is 20.6. The highest BCUT2D eigenvalue weighted by molar-refractivity contribution is 5.58. The van der Waals surface area contributed by atoms with E-state index in [-0.39, 0.29) is 0 Å². The van der Waals surface area contributed by atoms with Gasteiger partial charge in [-0.2, -0.15) is 5.10 Å². The Kier molecular flexibility index (Phi) is 3.90. The summed E-state index contributed by atoms with van der Waals surface area (Å²) < 4.78 is 1.98. The smallest absolute Gasteiger partial charge is 0.163 e. The van der Waals surface area contributed by atoms with Crippen LogP contribution >= 0.6 is 0 Å². The molecule has 0 atom stereocenters. The lowest BCUT2D eigenvalue weighted by atomic mass is 9.98. The Morgan fingerprint density at radius 2 is 1.52 bits per heavy atom. The van der Waals surface area contributed by atoms with Gasteiger partial charge in [-0.25, -0.2) is 9.67 Å². The molecule has 1 fully saturated rings. The maximum Gasteiger partial charge on any atom is 0.163 e. The number of piperidine rings is 1. The van der Waals surface area contributed by atoms with Crippen LogP contribution in [0.3, 0.4) is 0 Å². The van der Waals surface area contributed by atoms with E-state index in [1.807, 2.05) is 41.1 Å². The molecule has 4 heteroatoms. The second kappa shape index (κ2) is 6.34. The molecule has 0 amide bonds. The Labute approximate surface area is 136 Å². The molecule has 0 radical (unpaired) electrons. The van der Waals surface area contributed by atoms with E-state index in [2.05, 4.69) is 29.6 Å². The summed E-state index contributed by atoms with van der Waals surface area (Å²) in [7, 11) is 0. The van der Waals surface area contributed by atoms with Gasteiger partial charge in [0.05, 0.1) is 5.69 Å². The number of nitrogens with zero attached hydrogens (tertiary/aromatic N) is 3. The maximum atomic E-state index is 4.90. The Bertz CT molecular complexity index is 702. The van der Waals surface area contributed by atoms with Crippen LogP contribution in [0.1, 0.15) is 24.6 Å². The van der Waals surface area contributed by atoms with E-state index in [0.29, 0.717) is 5.92 Å². The van der Waals surface area contributed by atoms with E-state index in [0.717, 1.165) is 48.8 Å². The number of benzene rings is 2. The second-order valence-corrected chi connectivity index (χ2v) is 5.93. The summed E-state index contributed by atoms with van der Waals surface area (Å²) in [4.78, 5) is 4.90. The molecular formula is C19H20N4. The quantitative estimate of drug-likeness (QED) is 0.806. The molecular weight excluding hydrogens is 284 g/mol. The van der Waals surface area contributed by atoms with E-state index < -0.39 is 0 Å². The Hall–Kier alpha value is -2.46. The van der Waals surface area contributed by atoms with Gasteiger partial charge in [-0.05, 0) is 38.1 Å². The molecule has 2 heterocycles. The predicted octanol–water partition coefficient (Wildman–Crippen LogP) is 3.40. The predicted molar refractivity (Wildman–Crippen MR) is 91.6 cm³/mol. The number of nitrogens with one attached hydrogen (secondary N) is 1. The molecule has 0 spiro atoms. The highest BCUT2D eigenvalue weighted by atomic mass is 15.4. The molecule has 0 unspecified atom stereocenters. The first-order valence-corrected chi connectivity index (χ1v) is 8.20. The number of aromatic nitrogens is 3. The van der Waals surface area contributed by atoms with Gasteiger partial charge in [0.2, 0.25) is 0 Å². The van der Waals surface area contributed by atoms with Crippen molar-refractivity contribution in [2.24, 2.45) is 0 Å². The standard InChI is InChI=1S/C19H20N4/c1-3-7-16(8-4-1)19-21-18(15-11-13-20-14-12-15)22-23(19)17-9-5-2-6-10-17/h1-10,15,20H,11-14H2. The van der Waals surface area contributed by atoms with Gasteiger partial charge >= 0.3 is 0 Å². The fourth-order valence-electron chi connectivity index (χ4n) is 3.10. The third-order valence-electron chi connectivity index (χ3n) is 4.36. The van der Waals surface area contributed by atoms with Gasteiger partial charge in [0, 0.05) is 11.5 Å². The van der Waals surface area contributed by atoms with Gasteiger partial charge in [0.25, 0.3) is 0 Å². The molecule has 1 N–H and O–H groups in total. The van der Waals surface area contributed by atoms with Gasteiger partial charge in [-0.15, -0.1) is 0 Å². The lowest BCUT2D eigenvalue weighted by Crippen LogP contribution is -2.27. The zero-order valence-corrected chi connectivity index (χ0v) is 13.0. The van der Waals surface area contributed by atoms with E-state index >= 15 is 0 Å². The van der Waals surface area contributed by atoms with E-state index in [1.165, 1.54) is 0 Å². The molecule has 2 aromatic carbocycles. The molecule has 0 bridgehead atoms. The van der Waals surface area contributed by atoms with Crippen LogP contribution in [0.15, 0.2) is 60.7 Å². The second-order valence-electron chi connectivity index (χ2n) is 5.93. The van der Waals surface area contributed by atoms with Crippen LogP contribution in [0, 0.1) is 0 Å². The molecule has 4 rings (SSSR count). The summed E-state index contributed by atoms with van der Waals surface area (Å²) in [6.07, 6.45) is 2.21. The van der Waals surface area contributed by atoms with Crippen molar-refractivity contribution < 1.29 is 0 Å². The van der Waals surface area contributed by atoms with Crippen molar-refractivity contribution in [1.82, 2.24) is 20.1 Å². The van der Waals surface area contributed by atoms with Crippen LogP contribution in [0.4, 0.5) is 0 Å². The highest BCUT2D eigenvalue weighted by Gasteiger charge is 2.22. The van der Waals surface area contributed by atoms with E-state index in [9.17, 15) is 0 Å². The van der Waals surface area contributed by atoms with Crippen LogP contribution in [0.5, 0.6) is 0 Å². The molecule has 1 aliphatic rings. The number of rotatable bonds is 3. The zero-order valence-electron chi connectivity index (χ0n) is 13.0. The molecule has 4 nitrogen and oxygen atoms in total. The Balaban J connectivity index is 1.81. The summed E-state index contributed by atoms with van der Waals surface area (Å²) in [5.74, 6) is 2.34. The van der Waals surface area contributed by atoms with Crippen molar-refractivity contribution >= 4 is 0 Å². The number of para-hydroxylation sites is 1. The van der Waals surface area contributed by atoms with Gasteiger partial charge < -0.3 is 5.32 Å². The minimum absolute atomic E-state index is 0.448. The Morgan fingerprint density at radius 1 is 0.870 bits per heavy atom. The van der Waals surface area contributed by atoms with Crippen LogP contribution in [-0.4, -0.2) is 27.9 Å². The normalized spacial score (nSPS) is 15.7. The first kappa shape index (κ1) is 14.2. The number of hydrogen-bond acceptors (Lipinski definition) is 3. The summed E-state index contributed by atoms with van der Waals surface area (Å²) >= 11 is 0. The average molecular weight is 304 g/mol. The van der Waals surface area contributed by atoms with Gasteiger partial charge in [-0.3, -0.25) is 0 Å². The van der Waals surface area contributed by atoms with Crippen molar-refractivity contribution in [1.29, 1.82) is 0 Å². The molecule has 23 heavy (non-hydrogen) atoms. The minimum Gasteiger partial charge on any atom is -0.317 e. The molecule has 116 valence electrons. The molecule has 1 aromatic heterocycles. The lowest BCUT2D eigenvalue weighted by Gasteiger charge is -2.19. The van der Waals surface area contributed by atoms with Gasteiger partial charge in [0.15, 0.2) is 11.6 Å². The molecule has 1 aliphatic heterocycles. The lowest BCUT2D eigenvalue weighted by molar-refractivity contribution is 0.445. The van der Waals surface area contributed by atoms with Crippen LogP contribution < -0.4 is 5.32 Å². The van der Waals surface area contributed by atoms with Crippen molar-refractivity contribution in [2.75, 3.05) is 13.1 Å². The summed E-state index contributed by atoms with van der Waals surface area (Å²) in [5.41, 5.74) is 2.16. The molecule has 3 aromatic rings.